The van der Waals surface area contributed by atoms with Crippen molar-refractivity contribution in [2.75, 3.05) is 0 Å². The molecule has 0 unspecified atom stereocenters. The smallest absolute Gasteiger partial charge is 0.509 e. The van der Waals surface area contributed by atoms with Crippen LogP contribution in [0.5, 0.6) is 11.5 Å². The van der Waals surface area contributed by atoms with Crippen molar-refractivity contribution in [3.8, 4) is 34.1 Å². The van der Waals surface area contributed by atoms with E-state index in [1.807, 2.05) is 12.3 Å². The topological polar surface area (TPSA) is 44.9 Å². The molecular weight excluding hydrogens is 791 g/mol. The van der Waals surface area contributed by atoms with Gasteiger partial charge in [0.1, 0.15) is 5.82 Å². The SMILES string of the molecule is Cc1cc(Oc2[c-]c3c(cc2)c2ccccc2n3-c2cc(C(C)(C)C)ccn2)[c-]c(-n2nc(C3CCCCC3)c(-c3c(C)cccc3C)c2C2CCCCC2)c1.[Pd+2]. The van der Waals surface area contributed by atoms with Gasteiger partial charge in [0.25, 0.3) is 0 Å². The van der Waals surface area contributed by atoms with Gasteiger partial charge in [-0.25, -0.2) is 4.98 Å². The second-order valence-electron chi connectivity index (χ2n) is 17.6. The molecule has 2 aliphatic carbocycles. The molecule has 0 saturated heterocycles. The Morgan fingerprint density at radius 2 is 1.39 bits per heavy atom. The van der Waals surface area contributed by atoms with Gasteiger partial charge in [0.2, 0.25) is 0 Å². The summed E-state index contributed by atoms with van der Waals surface area (Å²) in [6.07, 6.45) is 14.4. The first kappa shape index (κ1) is 39.3. The van der Waals surface area contributed by atoms with Gasteiger partial charge in [-0.3, -0.25) is 4.68 Å². The fourth-order valence-corrected chi connectivity index (χ4v) is 9.64. The number of pyridine rings is 1. The molecule has 6 heteroatoms. The Hall–Kier alpha value is -4.50. The number of ether oxygens (including phenoxy) is 1. The van der Waals surface area contributed by atoms with E-state index in [0.29, 0.717) is 23.3 Å². The summed E-state index contributed by atoms with van der Waals surface area (Å²) in [7, 11) is 0. The Morgan fingerprint density at radius 3 is 2.11 bits per heavy atom. The minimum atomic E-state index is -0.00470. The molecule has 0 radical (unpaired) electrons. The van der Waals surface area contributed by atoms with Gasteiger partial charge >= 0.3 is 20.4 Å². The van der Waals surface area contributed by atoms with Crippen LogP contribution in [-0.4, -0.2) is 19.3 Å². The van der Waals surface area contributed by atoms with Crippen LogP contribution in [0.25, 0.3) is 44.4 Å². The summed E-state index contributed by atoms with van der Waals surface area (Å²) < 4.78 is 11.3. The second kappa shape index (κ2) is 16.0. The standard InChI is InChI=1S/C51H54N4O.Pd/c1-33-28-39(55-50(37-20-11-8-12-21-37)48(47-34(2)16-15-17-35(47)3)49(53-55)36-18-9-7-10-19-36)31-41(29-33)56-40-24-25-43-42-22-13-14-23-44(42)54(45(43)32-40)46-30-38(26-27-52-46)51(4,5)6;/h13-17,22-30,36-37H,7-12,18-21H2,1-6H3;/q-2;+2. The molecule has 3 aromatic heterocycles. The van der Waals surface area contributed by atoms with Crippen molar-refractivity contribution in [1.82, 2.24) is 19.3 Å². The second-order valence-corrected chi connectivity index (χ2v) is 17.6. The van der Waals surface area contributed by atoms with Gasteiger partial charge in [-0.15, -0.1) is 35.7 Å². The minimum Gasteiger partial charge on any atom is -0.509 e. The third kappa shape index (κ3) is 7.53. The molecule has 0 N–H and O–H groups in total. The number of aryl methyl sites for hydroxylation is 3. The maximum absolute atomic E-state index is 6.77. The number of aromatic nitrogens is 4. The average molecular weight is 845 g/mol. The summed E-state index contributed by atoms with van der Waals surface area (Å²) in [5.41, 5.74) is 13.4. The van der Waals surface area contributed by atoms with Crippen molar-refractivity contribution in [1.29, 1.82) is 0 Å². The quantitative estimate of drug-likeness (QED) is 0.119. The van der Waals surface area contributed by atoms with Crippen molar-refractivity contribution in [3.05, 3.63) is 131 Å². The van der Waals surface area contributed by atoms with E-state index in [1.54, 1.807) is 0 Å². The van der Waals surface area contributed by atoms with Crippen molar-refractivity contribution >= 4 is 21.8 Å². The molecule has 0 amide bonds. The van der Waals surface area contributed by atoms with Gasteiger partial charge in [0.15, 0.2) is 0 Å². The maximum atomic E-state index is 6.77. The van der Waals surface area contributed by atoms with Crippen LogP contribution >= 0.6 is 0 Å². The van der Waals surface area contributed by atoms with Crippen LogP contribution in [0.1, 0.15) is 130 Å². The van der Waals surface area contributed by atoms with Gasteiger partial charge in [-0.05, 0) is 96.5 Å². The Labute approximate surface area is 352 Å². The summed E-state index contributed by atoms with van der Waals surface area (Å²) in [5, 5.41) is 7.96. The number of hydrogen-bond donors (Lipinski definition) is 0. The van der Waals surface area contributed by atoms with Gasteiger partial charge in [-0.1, -0.05) is 108 Å². The fraction of sp³-hybridized carbons (Fsp3) is 0.373. The Balaban J connectivity index is 0.00000455. The first-order valence-electron chi connectivity index (χ1n) is 21.0. The van der Waals surface area contributed by atoms with Gasteiger partial charge in [0.05, 0.1) is 11.4 Å². The largest absolute Gasteiger partial charge is 2.00 e. The van der Waals surface area contributed by atoms with Crippen LogP contribution in [0.15, 0.2) is 85.1 Å². The molecule has 2 aliphatic rings. The van der Waals surface area contributed by atoms with Crippen molar-refractivity contribution < 1.29 is 25.2 Å². The van der Waals surface area contributed by atoms with Crippen molar-refractivity contribution in [2.45, 2.75) is 123 Å². The number of rotatable bonds is 7. The molecule has 3 heterocycles. The van der Waals surface area contributed by atoms with Crippen LogP contribution < -0.4 is 4.74 Å². The van der Waals surface area contributed by atoms with E-state index in [0.717, 1.165) is 33.5 Å². The summed E-state index contributed by atoms with van der Waals surface area (Å²) in [6, 6.07) is 35.6. The van der Waals surface area contributed by atoms with E-state index >= 15 is 0 Å². The molecular formula is C51H54N4OPd. The minimum absolute atomic E-state index is 0. The Morgan fingerprint density at radius 1 is 0.684 bits per heavy atom. The Bertz CT molecular complexity index is 2540. The predicted molar refractivity (Wildman–Crippen MR) is 230 cm³/mol. The van der Waals surface area contributed by atoms with E-state index in [9.17, 15) is 0 Å². The Kier molecular flexibility index (Phi) is 11.1. The van der Waals surface area contributed by atoms with Gasteiger partial charge in [0, 0.05) is 40.6 Å². The van der Waals surface area contributed by atoms with Crippen molar-refractivity contribution in [2.24, 2.45) is 0 Å². The number of fused-ring (bicyclic) bond motifs is 3. The average Bonchev–Trinajstić information content (AvgIpc) is 3.74. The van der Waals surface area contributed by atoms with Gasteiger partial charge < -0.3 is 9.30 Å². The van der Waals surface area contributed by atoms with E-state index in [4.69, 9.17) is 14.8 Å². The molecule has 5 nitrogen and oxygen atoms in total. The zero-order chi connectivity index (χ0) is 38.6. The summed E-state index contributed by atoms with van der Waals surface area (Å²) in [4.78, 5) is 4.87. The van der Waals surface area contributed by atoms with E-state index in [-0.39, 0.29) is 25.8 Å². The third-order valence-corrected chi connectivity index (χ3v) is 12.5. The number of benzene rings is 4. The number of nitrogens with zero attached hydrogens (tertiary/aromatic N) is 4. The van der Waals surface area contributed by atoms with Crippen LogP contribution in [0.3, 0.4) is 0 Å². The molecule has 2 fully saturated rings. The first-order chi connectivity index (χ1) is 27.1. The molecule has 294 valence electrons. The monoisotopic (exact) mass is 844 g/mol. The summed E-state index contributed by atoms with van der Waals surface area (Å²) >= 11 is 0. The van der Waals surface area contributed by atoms with Crippen molar-refractivity contribution in [3.63, 3.8) is 0 Å². The third-order valence-electron chi connectivity index (χ3n) is 12.5. The molecule has 0 atom stereocenters. The number of hydrogen-bond acceptors (Lipinski definition) is 3. The molecule has 57 heavy (non-hydrogen) atoms. The van der Waals surface area contributed by atoms with E-state index in [1.165, 1.54) is 109 Å². The van der Waals surface area contributed by atoms with Crippen LogP contribution in [0.2, 0.25) is 0 Å². The molecule has 2 saturated carbocycles. The fourth-order valence-electron chi connectivity index (χ4n) is 9.64. The van der Waals surface area contributed by atoms with Crippen LogP contribution in [-0.2, 0) is 25.8 Å². The van der Waals surface area contributed by atoms with Crippen LogP contribution in [0, 0.1) is 32.9 Å². The predicted octanol–water partition coefficient (Wildman–Crippen LogP) is 13.7. The normalized spacial score (nSPS) is 15.6. The molecule has 7 aromatic rings. The molecule has 0 bridgehead atoms. The number of para-hydroxylation sites is 1. The first-order valence-corrected chi connectivity index (χ1v) is 21.0. The summed E-state index contributed by atoms with van der Waals surface area (Å²) in [5.74, 6) is 3.11. The molecule has 9 rings (SSSR count). The molecule has 0 spiro atoms. The van der Waals surface area contributed by atoms with Crippen LogP contribution in [0.4, 0.5) is 0 Å². The zero-order valence-electron chi connectivity index (χ0n) is 34.3. The zero-order valence-corrected chi connectivity index (χ0v) is 35.9. The maximum Gasteiger partial charge on any atom is 2.00 e. The van der Waals surface area contributed by atoms with E-state index < -0.39 is 0 Å². The molecule has 4 aromatic carbocycles. The summed E-state index contributed by atoms with van der Waals surface area (Å²) in [6.45, 7) is 13.4. The van der Waals surface area contributed by atoms with E-state index in [2.05, 4.69) is 136 Å². The van der Waals surface area contributed by atoms with Gasteiger partial charge in [-0.2, -0.15) is 16.7 Å². The molecule has 0 aliphatic heterocycles.